The van der Waals surface area contributed by atoms with Crippen molar-refractivity contribution in [3.8, 4) is 5.75 Å². The van der Waals surface area contributed by atoms with Gasteiger partial charge in [-0.05, 0) is 75.1 Å². The number of fused-ring (bicyclic) bond motifs is 2. The third-order valence-corrected chi connectivity index (χ3v) is 13.7. The number of aryl methyl sites for hydroxylation is 4. The standard InChI is InChI=1S/C57H72N10O14/c1-10-19-77-48(69)28-39(34(3)4)56(74)79-23-15-18-58-51(70)42-26-37(31-63(42)7)59-52(71)43-27-38(32-64(43)8)60-53(72)50-62-46(33-65(50)9)61-47(68)16-14-22-76-45-29-41-40(25-36(45)6)54(73)66-30-35(5)24-44(66)55(67(41)57(75)80-20-11-2)81-49-17-12-13-21-78-49/h10-11,25-27,29,31-34,39,44,49,55H,1-2,5,12-24,28,30H2,3-4,6-9H3,(H,58,70)(H,59,71)(H,60,72)(H,61,68)/t39-,44-,49?,55?/m0/s1. The van der Waals surface area contributed by atoms with E-state index in [1.165, 1.54) is 44.5 Å². The third kappa shape index (κ3) is 15.2. The molecule has 0 saturated carbocycles. The first kappa shape index (κ1) is 60.1. The Morgan fingerprint density at radius 3 is 2.20 bits per heavy atom. The lowest BCUT2D eigenvalue weighted by molar-refractivity contribution is -0.195. The second kappa shape index (κ2) is 27.6. The second-order valence-corrected chi connectivity index (χ2v) is 20.4. The Morgan fingerprint density at radius 2 is 1.52 bits per heavy atom. The van der Waals surface area contributed by atoms with Crippen molar-refractivity contribution in [2.45, 2.75) is 90.7 Å². The maximum Gasteiger partial charge on any atom is 0.416 e. The van der Waals surface area contributed by atoms with E-state index in [2.05, 4.69) is 46.0 Å². The highest BCUT2D eigenvalue weighted by atomic mass is 16.7. The van der Waals surface area contributed by atoms with Gasteiger partial charge < -0.3 is 68.3 Å². The van der Waals surface area contributed by atoms with Crippen LogP contribution in [-0.4, -0.2) is 136 Å². The number of aromatic nitrogens is 4. The number of amides is 6. The molecule has 24 nitrogen and oxygen atoms in total. The average molecular weight is 1120 g/mol. The summed E-state index contributed by atoms with van der Waals surface area (Å²) >= 11 is 0. The van der Waals surface area contributed by atoms with Gasteiger partial charge in [0.2, 0.25) is 11.7 Å². The van der Waals surface area contributed by atoms with Gasteiger partial charge >= 0.3 is 18.0 Å². The number of nitrogens with zero attached hydrogens (tertiary/aromatic N) is 6. The highest BCUT2D eigenvalue weighted by Crippen LogP contribution is 2.41. The van der Waals surface area contributed by atoms with Gasteiger partial charge in [-0.15, -0.1) is 0 Å². The normalized spacial score (nSPS) is 17.0. The van der Waals surface area contributed by atoms with Crippen molar-refractivity contribution >= 4 is 70.4 Å². The Kier molecular flexibility index (Phi) is 20.5. The Hall–Kier alpha value is -8.51. The lowest BCUT2D eigenvalue weighted by Gasteiger charge is -2.38. The van der Waals surface area contributed by atoms with E-state index in [1.54, 1.807) is 62.1 Å². The molecule has 3 aromatic heterocycles. The molecule has 434 valence electrons. The maximum atomic E-state index is 14.2. The fourth-order valence-corrected chi connectivity index (χ4v) is 9.58. The number of carbonyl (C=O) groups excluding carboxylic acids is 8. The molecular weight excluding hydrogens is 1050 g/mol. The lowest BCUT2D eigenvalue weighted by Crippen LogP contribution is -2.54. The van der Waals surface area contributed by atoms with Gasteiger partial charge in [0.25, 0.3) is 23.6 Å². The van der Waals surface area contributed by atoms with Gasteiger partial charge in [0.15, 0.2) is 18.3 Å². The molecule has 2 fully saturated rings. The van der Waals surface area contributed by atoms with E-state index in [0.29, 0.717) is 49.4 Å². The van der Waals surface area contributed by atoms with Crippen LogP contribution in [0.5, 0.6) is 5.75 Å². The molecule has 4 atom stereocenters. The molecule has 24 heteroatoms. The van der Waals surface area contributed by atoms with Crippen molar-refractivity contribution in [2.75, 3.05) is 67.0 Å². The number of ether oxygens (including phenoxy) is 6. The first-order valence-electron chi connectivity index (χ1n) is 26.9. The molecule has 4 N–H and O–H groups in total. The van der Waals surface area contributed by atoms with Crippen molar-refractivity contribution in [1.82, 2.24) is 28.9 Å². The van der Waals surface area contributed by atoms with Gasteiger partial charge in [-0.1, -0.05) is 51.3 Å². The topological polar surface area (TPSA) is 274 Å². The number of hydrogen-bond acceptors (Lipinski definition) is 15. The van der Waals surface area contributed by atoms with E-state index in [4.69, 9.17) is 28.4 Å². The van der Waals surface area contributed by atoms with Crippen LogP contribution in [0.2, 0.25) is 0 Å². The first-order valence-corrected chi connectivity index (χ1v) is 26.9. The van der Waals surface area contributed by atoms with Gasteiger partial charge in [-0.2, -0.15) is 0 Å². The summed E-state index contributed by atoms with van der Waals surface area (Å²) in [4.78, 5) is 113. The smallest absolute Gasteiger partial charge is 0.416 e. The zero-order valence-corrected chi connectivity index (χ0v) is 46.7. The first-order chi connectivity index (χ1) is 38.8. The fraction of sp³-hybridized carbons (Fsp3) is 0.456. The molecule has 3 aliphatic heterocycles. The predicted octanol–water partition coefficient (Wildman–Crippen LogP) is 6.55. The largest absolute Gasteiger partial charge is 0.493 e. The van der Waals surface area contributed by atoms with Crippen LogP contribution in [0, 0.1) is 18.8 Å². The van der Waals surface area contributed by atoms with Crippen molar-refractivity contribution in [3.05, 3.63) is 109 Å². The van der Waals surface area contributed by atoms with Crippen LogP contribution in [0.4, 0.5) is 27.7 Å². The Labute approximate surface area is 469 Å². The summed E-state index contributed by atoms with van der Waals surface area (Å²) in [6, 6.07) is 5.73. The molecule has 4 aromatic rings. The summed E-state index contributed by atoms with van der Waals surface area (Å²) in [5.74, 6) is -3.63. The molecule has 6 heterocycles. The summed E-state index contributed by atoms with van der Waals surface area (Å²) in [6.07, 6.45) is 8.48. The zero-order chi connectivity index (χ0) is 58.5. The number of esters is 2. The minimum absolute atomic E-state index is 0.0187. The van der Waals surface area contributed by atoms with E-state index in [0.717, 1.165) is 18.4 Å². The number of benzene rings is 1. The molecule has 81 heavy (non-hydrogen) atoms. The van der Waals surface area contributed by atoms with Crippen molar-refractivity contribution in [3.63, 3.8) is 0 Å². The van der Waals surface area contributed by atoms with Crippen LogP contribution >= 0.6 is 0 Å². The second-order valence-electron chi connectivity index (χ2n) is 20.4. The van der Waals surface area contributed by atoms with Crippen molar-refractivity contribution in [1.29, 1.82) is 0 Å². The third-order valence-electron chi connectivity index (χ3n) is 13.7. The minimum Gasteiger partial charge on any atom is -0.493 e. The Morgan fingerprint density at radius 1 is 0.827 bits per heavy atom. The molecule has 0 spiro atoms. The molecular formula is C57H72N10O14. The van der Waals surface area contributed by atoms with Crippen LogP contribution < -0.4 is 30.9 Å². The van der Waals surface area contributed by atoms with Gasteiger partial charge in [0.05, 0.1) is 54.2 Å². The lowest BCUT2D eigenvalue weighted by atomic mass is 9.93. The van der Waals surface area contributed by atoms with Gasteiger partial charge in [-0.25, -0.2) is 14.7 Å². The molecule has 7 rings (SSSR count). The van der Waals surface area contributed by atoms with Crippen LogP contribution in [0.3, 0.4) is 0 Å². The SMILES string of the molecule is C=CCOC(=O)C[C@H](C(=O)OCCCNC(=O)c1cc(NC(=O)c2cc(NC(=O)c3nc(NC(=O)CCCOc4cc5c(cc4C)C(=O)N4CC(=C)C[C@H]4C(OC4CCCCO4)N5C(=O)OCC=C)cn3C)cn2C)cn1C)C(C)C. The summed E-state index contributed by atoms with van der Waals surface area (Å²) in [6.45, 7) is 17.8. The van der Waals surface area contributed by atoms with Gasteiger partial charge in [-0.3, -0.25) is 33.6 Å². The molecule has 6 amide bonds. The monoisotopic (exact) mass is 1120 g/mol. The number of carbonyl (C=O) groups is 8. The number of anilines is 4. The number of hydrogen-bond donors (Lipinski definition) is 4. The summed E-state index contributed by atoms with van der Waals surface area (Å²) in [7, 11) is 4.86. The Balaban J connectivity index is 0.889. The van der Waals surface area contributed by atoms with Crippen LogP contribution in [0.25, 0.3) is 0 Å². The van der Waals surface area contributed by atoms with E-state index in [9.17, 15) is 38.4 Å². The van der Waals surface area contributed by atoms with E-state index >= 15 is 0 Å². The maximum absolute atomic E-state index is 14.2. The van der Waals surface area contributed by atoms with Gasteiger partial charge in [0, 0.05) is 71.9 Å². The molecule has 3 aliphatic rings. The van der Waals surface area contributed by atoms with Crippen LogP contribution in [-0.2, 0) is 59.2 Å². The van der Waals surface area contributed by atoms with E-state index in [-0.39, 0.29) is 104 Å². The average Bonchev–Trinajstić information content (AvgIpc) is 4.22. The van der Waals surface area contributed by atoms with E-state index < -0.39 is 66.1 Å². The zero-order valence-electron chi connectivity index (χ0n) is 46.7. The molecule has 2 unspecified atom stereocenters. The van der Waals surface area contributed by atoms with Crippen molar-refractivity contribution in [2.24, 2.45) is 33.0 Å². The Bertz CT molecular complexity index is 3040. The highest BCUT2D eigenvalue weighted by molar-refractivity contribution is 6.08. The molecule has 0 radical (unpaired) electrons. The van der Waals surface area contributed by atoms with Crippen LogP contribution in [0.1, 0.15) is 113 Å². The molecule has 1 aromatic carbocycles. The minimum atomic E-state index is -0.967. The summed E-state index contributed by atoms with van der Waals surface area (Å²) in [5, 5.41) is 11.0. The fourth-order valence-electron chi connectivity index (χ4n) is 9.58. The van der Waals surface area contributed by atoms with Crippen LogP contribution in [0.15, 0.2) is 80.3 Å². The number of nitrogens with one attached hydrogen (secondary N) is 4. The van der Waals surface area contributed by atoms with E-state index in [1.807, 2.05) is 13.8 Å². The highest BCUT2D eigenvalue weighted by Gasteiger charge is 2.48. The summed E-state index contributed by atoms with van der Waals surface area (Å²) in [5.41, 5.74) is 3.04. The number of rotatable bonds is 25. The quantitative estimate of drug-likeness (QED) is 0.0237. The summed E-state index contributed by atoms with van der Waals surface area (Å²) < 4.78 is 39.1. The predicted molar refractivity (Wildman–Crippen MR) is 298 cm³/mol. The molecule has 0 aliphatic carbocycles. The molecule has 2 saturated heterocycles. The van der Waals surface area contributed by atoms with Gasteiger partial charge in [0.1, 0.15) is 30.4 Å². The number of imidazole rings is 1. The van der Waals surface area contributed by atoms with Crippen molar-refractivity contribution < 1.29 is 66.8 Å². The molecule has 0 bridgehead atoms.